The molecule has 2 aromatic rings. The maximum atomic E-state index is 12.7. The smallest absolute Gasteiger partial charge is 0.416 e. The minimum atomic E-state index is -4.45. The van der Waals surface area contributed by atoms with Crippen LogP contribution in [0.4, 0.5) is 18.9 Å². The molecule has 28 heavy (non-hydrogen) atoms. The Morgan fingerprint density at radius 3 is 2.61 bits per heavy atom. The Morgan fingerprint density at radius 1 is 1.11 bits per heavy atom. The predicted molar refractivity (Wildman–Crippen MR) is 105 cm³/mol. The molecular weight excluding hydrogens is 389 g/mol. The Balaban J connectivity index is 1.53. The van der Waals surface area contributed by atoms with E-state index in [0.717, 1.165) is 48.8 Å². The van der Waals surface area contributed by atoms with E-state index in [2.05, 4.69) is 10.2 Å². The first-order valence-corrected chi connectivity index (χ1v) is 10.0. The van der Waals surface area contributed by atoms with E-state index in [9.17, 15) is 18.0 Å². The predicted octanol–water partition coefficient (Wildman–Crippen LogP) is 4.27. The van der Waals surface area contributed by atoms with Crippen molar-refractivity contribution in [3.05, 3.63) is 59.7 Å². The lowest BCUT2D eigenvalue weighted by molar-refractivity contribution is -0.137. The van der Waals surface area contributed by atoms with Crippen molar-refractivity contribution < 1.29 is 22.7 Å². The van der Waals surface area contributed by atoms with Crippen LogP contribution in [-0.4, -0.2) is 42.0 Å². The summed E-state index contributed by atoms with van der Waals surface area (Å²) in [6.45, 7) is 2.55. The van der Waals surface area contributed by atoms with E-state index >= 15 is 0 Å². The van der Waals surface area contributed by atoms with Crippen LogP contribution in [0.3, 0.4) is 0 Å². The van der Waals surface area contributed by atoms with Gasteiger partial charge >= 0.3 is 6.18 Å². The quantitative estimate of drug-likeness (QED) is 0.772. The third-order valence-corrected chi connectivity index (χ3v) is 5.19. The van der Waals surface area contributed by atoms with Gasteiger partial charge < -0.3 is 10.1 Å². The van der Waals surface area contributed by atoms with Gasteiger partial charge in [-0.15, -0.1) is 0 Å². The van der Waals surface area contributed by atoms with Gasteiger partial charge in [0.2, 0.25) is 0 Å². The molecule has 0 bridgehead atoms. The first-order valence-electron chi connectivity index (χ1n) is 8.89. The average Bonchev–Trinajstić information content (AvgIpc) is 2.67. The second kappa shape index (κ2) is 9.34. The maximum absolute atomic E-state index is 12.7. The summed E-state index contributed by atoms with van der Waals surface area (Å²) in [6, 6.07) is 12.0. The molecule has 1 aliphatic rings. The molecular formula is C20H21F3N2O2S. The topological polar surface area (TPSA) is 41.6 Å². The second-order valence-electron chi connectivity index (χ2n) is 6.45. The molecule has 2 aromatic carbocycles. The van der Waals surface area contributed by atoms with Crippen LogP contribution in [0.1, 0.15) is 11.1 Å². The number of halogens is 3. The molecule has 0 unspecified atom stereocenters. The van der Waals surface area contributed by atoms with Crippen molar-refractivity contribution in [1.82, 2.24) is 4.90 Å². The van der Waals surface area contributed by atoms with Crippen molar-refractivity contribution in [3.8, 4) is 5.75 Å². The lowest BCUT2D eigenvalue weighted by atomic mass is 10.2. The summed E-state index contributed by atoms with van der Waals surface area (Å²) in [4.78, 5) is 14.5. The highest BCUT2D eigenvalue weighted by Crippen LogP contribution is 2.31. The van der Waals surface area contributed by atoms with Crippen LogP contribution in [0.2, 0.25) is 0 Å². The molecule has 0 spiro atoms. The van der Waals surface area contributed by atoms with Crippen molar-refractivity contribution in [1.29, 1.82) is 0 Å². The molecule has 0 atom stereocenters. The molecule has 1 amide bonds. The number of carbonyl (C=O) groups excluding carboxylic acids is 1. The molecule has 1 aliphatic heterocycles. The van der Waals surface area contributed by atoms with Crippen LogP contribution < -0.4 is 10.1 Å². The van der Waals surface area contributed by atoms with Gasteiger partial charge in [0.15, 0.2) is 6.61 Å². The summed E-state index contributed by atoms with van der Waals surface area (Å²) in [5, 5.41) is 2.73. The van der Waals surface area contributed by atoms with E-state index in [0.29, 0.717) is 5.69 Å². The van der Waals surface area contributed by atoms with Gasteiger partial charge in [-0.3, -0.25) is 9.69 Å². The molecule has 4 nitrogen and oxygen atoms in total. The molecule has 0 radical (unpaired) electrons. The van der Waals surface area contributed by atoms with Gasteiger partial charge in [-0.1, -0.05) is 18.2 Å². The van der Waals surface area contributed by atoms with Gasteiger partial charge in [-0.25, -0.2) is 0 Å². The summed E-state index contributed by atoms with van der Waals surface area (Å²) in [5.41, 5.74) is 0.930. The molecule has 8 heteroatoms. The highest BCUT2D eigenvalue weighted by Gasteiger charge is 2.30. The summed E-state index contributed by atoms with van der Waals surface area (Å²) in [6.07, 6.45) is -4.45. The second-order valence-corrected chi connectivity index (χ2v) is 7.68. The lowest BCUT2D eigenvalue weighted by Crippen LogP contribution is -2.32. The standard InChI is InChI=1S/C20H21F3N2O2S/c21-20(22,23)16-4-2-6-18(12-16)27-14-19(26)24-17-5-1-3-15(11-17)13-25-7-9-28-10-8-25/h1-6,11-12H,7-10,13-14H2,(H,24,26). The Hall–Kier alpha value is -2.19. The zero-order chi connectivity index (χ0) is 20.0. The third kappa shape index (κ3) is 6.17. The van der Waals surface area contributed by atoms with Crippen molar-refractivity contribution >= 4 is 23.4 Å². The first-order chi connectivity index (χ1) is 13.4. The molecule has 1 saturated heterocycles. The van der Waals surface area contributed by atoms with Crippen LogP contribution >= 0.6 is 11.8 Å². The molecule has 150 valence electrons. The highest BCUT2D eigenvalue weighted by molar-refractivity contribution is 7.99. The fourth-order valence-electron chi connectivity index (χ4n) is 2.87. The Labute approximate surface area is 166 Å². The number of benzene rings is 2. The fraction of sp³-hybridized carbons (Fsp3) is 0.350. The number of carbonyl (C=O) groups is 1. The highest BCUT2D eigenvalue weighted by atomic mass is 32.2. The van der Waals surface area contributed by atoms with Crippen LogP contribution in [0.25, 0.3) is 0 Å². The number of alkyl halides is 3. The van der Waals surface area contributed by atoms with Crippen LogP contribution in [0, 0.1) is 0 Å². The van der Waals surface area contributed by atoms with Gasteiger partial charge in [0.05, 0.1) is 5.56 Å². The molecule has 1 heterocycles. The SMILES string of the molecule is O=C(COc1cccc(C(F)(F)F)c1)Nc1cccc(CN2CCSCC2)c1. The summed E-state index contributed by atoms with van der Waals surface area (Å²) < 4.78 is 43.4. The van der Waals surface area contributed by atoms with E-state index in [4.69, 9.17) is 4.74 Å². The number of hydrogen-bond donors (Lipinski definition) is 1. The number of hydrogen-bond acceptors (Lipinski definition) is 4. The van der Waals surface area contributed by atoms with Crippen molar-refractivity contribution in [2.24, 2.45) is 0 Å². The third-order valence-electron chi connectivity index (χ3n) is 4.25. The summed E-state index contributed by atoms with van der Waals surface area (Å²) in [7, 11) is 0. The van der Waals surface area contributed by atoms with E-state index in [1.54, 1.807) is 6.07 Å². The van der Waals surface area contributed by atoms with Crippen molar-refractivity contribution in [3.63, 3.8) is 0 Å². The van der Waals surface area contributed by atoms with Crippen LogP contribution in [0.5, 0.6) is 5.75 Å². The number of amides is 1. The molecule has 0 aliphatic carbocycles. The van der Waals surface area contributed by atoms with E-state index in [1.165, 1.54) is 12.1 Å². The lowest BCUT2D eigenvalue weighted by Gasteiger charge is -2.26. The number of nitrogens with zero attached hydrogens (tertiary/aromatic N) is 1. The Morgan fingerprint density at radius 2 is 1.86 bits per heavy atom. The van der Waals surface area contributed by atoms with E-state index in [1.807, 2.05) is 30.0 Å². The number of thioether (sulfide) groups is 1. The van der Waals surface area contributed by atoms with E-state index < -0.39 is 17.6 Å². The normalized spacial score (nSPS) is 15.2. The van der Waals surface area contributed by atoms with Gasteiger partial charge in [0, 0.05) is 36.8 Å². The van der Waals surface area contributed by atoms with E-state index in [-0.39, 0.29) is 12.4 Å². The molecule has 1 N–H and O–H groups in total. The average molecular weight is 410 g/mol. The minimum Gasteiger partial charge on any atom is -0.484 e. The van der Waals surface area contributed by atoms with Crippen LogP contribution in [-0.2, 0) is 17.5 Å². The minimum absolute atomic E-state index is 0.00157. The molecule has 0 aromatic heterocycles. The van der Waals surface area contributed by atoms with Gasteiger partial charge in [-0.05, 0) is 35.9 Å². The Kier molecular flexibility index (Phi) is 6.85. The number of ether oxygens (including phenoxy) is 1. The largest absolute Gasteiger partial charge is 0.484 e. The van der Waals surface area contributed by atoms with Gasteiger partial charge in [0.25, 0.3) is 5.91 Å². The molecule has 0 saturated carbocycles. The first kappa shape index (κ1) is 20.5. The number of nitrogens with one attached hydrogen (secondary N) is 1. The summed E-state index contributed by atoms with van der Waals surface area (Å²) >= 11 is 1.95. The maximum Gasteiger partial charge on any atom is 0.416 e. The zero-order valence-electron chi connectivity index (χ0n) is 15.2. The van der Waals surface area contributed by atoms with Crippen LogP contribution in [0.15, 0.2) is 48.5 Å². The summed E-state index contributed by atoms with van der Waals surface area (Å²) in [5.74, 6) is 1.83. The fourth-order valence-corrected chi connectivity index (χ4v) is 3.85. The number of rotatable bonds is 6. The Bertz CT molecular complexity index is 808. The number of anilines is 1. The van der Waals surface area contributed by atoms with Gasteiger partial charge in [0.1, 0.15) is 5.75 Å². The van der Waals surface area contributed by atoms with Gasteiger partial charge in [-0.2, -0.15) is 24.9 Å². The zero-order valence-corrected chi connectivity index (χ0v) is 16.0. The van der Waals surface area contributed by atoms with Crippen molar-refractivity contribution in [2.75, 3.05) is 36.5 Å². The molecule has 1 fully saturated rings. The monoisotopic (exact) mass is 410 g/mol. The molecule has 3 rings (SSSR count). The van der Waals surface area contributed by atoms with Crippen molar-refractivity contribution in [2.45, 2.75) is 12.7 Å².